The van der Waals surface area contributed by atoms with Crippen LogP contribution in [0.2, 0.25) is 0 Å². The largest absolute Gasteiger partial charge is 0.346 e. The predicted octanol–water partition coefficient (Wildman–Crippen LogP) is 0.477. The number of carbonyl (C=O) groups is 5. The summed E-state index contributed by atoms with van der Waals surface area (Å²) in [5.74, 6) is -2.36. The number of Topliss-reactive ketones (excluding diaryl/α,β-unsaturated/α-hetero) is 1. The van der Waals surface area contributed by atoms with Crippen LogP contribution in [-0.4, -0.2) is 72.7 Å². The summed E-state index contributed by atoms with van der Waals surface area (Å²) < 4.78 is 0. The number of likely N-dealkylation sites (tertiary alicyclic amines) is 1. The van der Waals surface area contributed by atoms with E-state index in [9.17, 15) is 24.0 Å². The van der Waals surface area contributed by atoms with Gasteiger partial charge >= 0.3 is 6.03 Å². The van der Waals surface area contributed by atoms with Crippen LogP contribution < -0.4 is 21.3 Å². The van der Waals surface area contributed by atoms with Gasteiger partial charge in [-0.25, -0.2) is 4.79 Å². The van der Waals surface area contributed by atoms with Crippen LogP contribution >= 0.6 is 0 Å². The second-order valence-electron chi connectivity index (χ2n) is 8.92. The molecule has 3 atom stereocenters. The Morgan fingerprint density at radius 2 is 1.81 bits per heavy atom. The van der Waals surface area contributed by atoms with E-state index in [2.05, 4.69) is 27.8 Å². The molecule has 0 aromatic carbocycles. The minimum atomic E-state index is -0.975. The number of hydrogen-bond donors (Lipinski definition) is 4. The van der Waals surface area contributed by atoms with Crippen molar-refractivity contribution in [1.82, 2.24) is 26.2 Å². The molecule has 180 valence electrons. The average molecular weight is 452 g/mol. The summed E-state index contributed by atoms with van der Waals surface area (Å²) in [6.45, 7) is 11.3. The van der Waals surface area contributed by atoms with E-state index in [0.717, 1.165) is 0 Å². The van der Waals surface area contributed by atoms with Gasteiger partial charge in [-0.1, -0.05) is 40.2 Å². The van der Waals surface area contributed by atoms with Crippen molar-refractivity contribution in [1.29, 1.82) is 0 Å². The molecule has 0 aromatic rings. The summed E-state index contributed by atoms with van der Waals surface area (Å²) in [4.78, 5) is 64.2. The van der Waals surface area contributed by atoms with Gasteiger partial charge in [-0.15, -0.1) is 6.58 Å². The topological polar surface area (TPSA) is 137 Å². The van der Waals surface area contributed by atoms with E-state index in [1.54, 1.807) is 0 Å². The molecular weight excluding hydrogens is 414 g/mol. The molecule has 1 rings (SSSR count). The van der Waals surface area contributed by atoms with Gasteiger partial charge in [0.05, 0.1) is 6.04 Å². The molecule has 10 heteroatoms. The fourth-order valence-corrected chi connectivity index (χ4v) is 3.56. The first-order valence-corrected chi connectivity index (χ1v) is 11.0. The number of urea groups is 1. The summed E-state index contributed by atoms with van der Waals surface area (Å²) in [5, 5.41) is 10.2. The number of nitrogens with zero attached hydrogens (tertiary/aromatic N) is 1. The minimum Gasteiger partial charge on any atom is -0.346 e. The highest BCUT2D eigenvalue weighted by atomic mass is 16.2. The van der Waals surface area contributed by atoms with Crippen LogP contribution in [0.15, 0.2) is 12.7 Å². The third-order valence-electron chi connectivity index (χ3n) is 5.30. The Bertz CT molecular complexity index is 731. The van der Waals surface area contributed by atoms with Gasteiger partial charge in [-0.3, -0.25) is 19.2 Å². The van der Waals surface area contributed by atoms with Crippen molar-refractivity contribution in [2.75, 3.05) is 20.1 Å². The van der Waals surface area contributed by atoms with E-state index < -0.39 is 47.2 Å². The standard InChI is InChI=1S/C22H37N5O5/c1-7-10-14(16(28)19(30)24-12-8-2)25-18(29)15-11-9-13-27(15)20(31)17(22(3,4)5)26-21(32)23-6/h8,14-15,17H,2,7,9-13H2,1,3-6H3,(H,24,30)(H,25,29)(H2,23,26,32)/t14?,15-,17?/m0/s1. The lowest BCUT2D eigenvalue weighted by molar-refractivity contribution is -0.143. The summed E-state index contributed by atoms with van der Waals surface area (Å²) in [5.41, 5.74) is -0.586. The lowest BCUT2D eigenvalue weighted by atomic mass is 9.85. The highest BCUT2D eigenvalue weighted by Crippen LogP contribution is 2.26. The molecule has 2 unspecified atom stereocenters. The van der Waals surface area contributed by atoms with Crippen LogP contribution in [-0.2, 0) is 19.2 Å². The maximum absolute atomic E-state index is 13.3. The van der Waals surface area contributed by atoms with Gasteiger partial charge in [0.2, 0.25) is 17.6 Å². The van der Waals surface area contributed by atoms with Gasteiger partial charge < -0.3 is 26.2 Å². The van der Waals surface area contributed by atoms with Gasteiger partial charge in [-0.2, -0.15) is 0 Å². The maximum atomic E-state index is 13.3. The van der Waals surface area contributed by atoms with E-state index >= 15 is 0 Å². The monoisotopic (exact) mass is 451 g/mol. The van der Waals surface area contributed by atoms with Crippen LogP contribution in [0.5, 0.6) is 0 Å². The van der Waals surface area contributed by atoms with Crippen molar-refractivity contribution >= 4 is 29.5 Å². The molecular formula is C22H37N5O5. The van der Waals surface area contributed by atoms with E-state index in [1.165, 1.54) is 18.0 Å². The van der Waals surface area contributed by atoms with E-state index in [1.807, 2.05) is 27.7 Å². The second-order valence-corrected chi connectivity index (χ2v) is 8.92. The summed E-state index contributed by atoms with van der Waals surface area (Å²) >= 11 is 0. The van der Waals surface area contributed by atoms with Gasteiger partial charge in [0, 0.05) is 20.1 Å². The van der Waals surface area contributed by atoms with Crippen molar-refractivity contribution in [2.45, 2.75) is 71.5 Å². The Kier molecular flexibility index (Phi) is 10.3. The van der Waals surface area contributed by atoms with E-state index in [0.29, 0.717) is 32.2 Å². The van der Waals surface area contributed by atoms with Gasteiger partial charge in [0.25, 0.3) is 5.91 Å². The van der Waals surface area contributed by atoms with Crippen LogP contribution in [0, 0.1) is 5.41 Å². The van der Waals surface area contributed by atoms with Crippen molar-refractivity contribution in [3.05, 3.63) is 12.7 Å². The zero-order valence-electron chi connectivity index (χ0n) is 19.7. The third-order valence-corrected chi connectivity index (χ3v) is 5.30. The SMILES string of the molecule is C=CCNC(=O)C(=O)C(CCC)NC(=O)[C@@H]1CCCN1C(=O)C(NC(=O)NC)C(C)(C)C. The van der Waals surface area contributed by atoms with Crippen LogP contribution in [0.4, 0.5) is 4.79 Å². The molecule has 1 aliphatic rings. The molecule has 1 fully saturated rings. The summed E-state index contributed by atoms with van der Waals surface area (Å²) in [7, 11) is 1.46. The molecule has 0 bridgehead atoms. The third kappa shape index (κ3) is 7.35. The zero-order chi connectivity index (χ0) is 24.5. The molecule has 1 saturated heterocycles. The fourth-order valence-electron chi connectivity index (χ4n) is 3.56. The molecule has 1 aliphatic heterocycles. The van der Waals surface area contributed by atoms with Crippen LogP contribution in [0.1, 0.15) is 53.4 Å². The smallest absolute Gasteiger partial charge is 0.315 e. The van der Waals surface area contributed by atoms with Crippen molar-refractivity contribution in [2.24, 2.45) is 5.41 Å². The molecule has 5 amide bonds. The molecule has 0 spiro atoms. The van der Waals surface area contributed by atoms with E-state index in [4.69, 9.17) is 0 Å². The lowest BCUT2D eigenvalue weighted by Crippen LogP contribution is -2.59. The van der Waals surface area contributed by atoms with Crippen LogP contribution in [0.3, 0.4) is 0 Å². The molecule has 0 radical (unpaired) electrons. The Morgan fingerprint density at radius 1 is 1.16 bits per heavy atom. The molecule has 10 nitrogen and oxygen atoms in total. The second kappa shape index (κ2) is 12.2. The molecule has 0 saturated carbocycles. The van der Waals surface area contributed by atoms with E-state index in [-0.39, 0.29) is 12.5 Å². The van der Waals surface area contributed by atoms with Crippen molar-refractivity contribution in [3.63, 3.8) is 0 Å². The number of hydrogen-bond acceptors (Lipinski definition) is 5. The average Bonchev–Trinajstić information content (AvgIpc) is 3.23. The highest BCUT2D eigenvalue weighted by molar-refractivity contribution is 6.38. The predicted molar refractivity (Wildman–Crippen MR) is 121 cm³/mol. The Balaban J connectivity index is 2.99. The first kappa shape index (κ1) is 27.1. The summed E-state index contributed by atoms with van der Waals surface area (Å²) in [6, 6.07) is -3.08. The fraction of sp³-hybridized carbons (Fsp3) is 0.682. The molecule has 32 heavy (non-hydrogen) atoms. The van der Waals surface area contributed by atoms with Crippen molar-refractivity contribution < 1.29 is 24.0 Å². The first-order chi connectivity index (χ1) is 15.0. The van der Waals surface area contributed by atoms with Gasteiger partial charge in [-0.05, 0) is 24.7 Å². The number of ketones is 1. The van der Waals surface area contributed by atoms with Crippen LogP contribution in [0.25, 0.3) is 0 Å². The maximum Gasteiger partial charge on any atom is 0.315 e. The van der Waals surface area contributed by atoms with Gasteiger partial charge in [0.15, 0.2) is 0 Å². The highest BCUT2D eigenvalue weighted by Gasteiger charge is 2.42. The lowest BCUT2D eigenvalue weighted by Gasteiger charge is -2.35. The Labute approximate surface area is 189 Å². The Morgan fingerprint density at radius 3 is 2.34 bits per heavy atom. The Hall–Kier alpha value is -2.91. The molecule has 0 aliphatic carbocycles. The normalized spacial score (nSPS) is 17.7. The number of amides is 5. The number of rotatable bonds is 10. The zero-order valence-corrected chi connectivity index (χ0v) is 19.7. The molecule has 1 heterocycles. The first-order valence-electron chi connectivity index (χ1n) is 11.0. The quantitative estimate of drug-likeness (QED) is 0.283. The molecule has 0 aromatic heterocycles. The number of carbonyl (C=O) groups excluding carboxylic acids is 5. The summed E-state index contributed by atoms with van der Waals surface area (Å²) in [6.07, 6.45) is 3.40. The molecule has 4 N–H and O–H groups in total. The van der Waals surface area contributed by atoms with Gasteiger partial charge in [0.1, 0.15) is 12.1 Å². The minimum absolute atomic E-state index is 0.148. The number of nitrogens with one attached hydrogen (secondary N) is 4. The van der Waals surface area contributed by atoms with Crippen molar-refractivity contribution in [3.8, 4) is 0 Å².